The highest BCUT2D eigenvalue weighted by molar-refractivity contribution is 5.27. The summed E-state index contributed by atoms with van der Waals surface area (Å²) in [5.74, 6) is 1.32. The van der Waals surface area contributed by atoms with Gasteiger partial charge in [-0.1, -0.05) is 26.0 Å². The minimum Gasteiger partial charge on any atom is -0.493 e. The fraction of sp³-hybridized carbons (Fsp3) is 0.571. The molecule has 0 saturated carbocycles. The van der Waals surface area contributed by atoms with E-state index in [1.807, 2.05) is 24.3 Å². The Morgan fingerprint density at radius 1 is 1.41 bits per heavy atom. The van der Waals surface area contributed by atoms with Crippen molar-refractivity contribution in [3.63, 3.8) is 0 Å². The Morgan fingerprint density at radius 2 is 2.24 bits per heavy atom. The molecule has 17 heavy (non-hydrogen) atoms. The minimum absolute atomic E-state index is 0.0603. The molecule has 1 aromatic carbocycles. The third-order valence-electron chi connectivity index (χ3n) is 2.54. The van der Waals surface area contributed by atoms with Gasteiger partial charge < -0.3 is 15.2 Å². The van der Waals surface area contributed by atoms with E-state index in [4.69, 9.17) is 9.84 Å². The standard InChI is InChI=1S/C14H23NO2/c1-3-7-15-9-12(2)11-17-14-6-4-5-13(8-14)10-16/h4-6,8,12,15-16H,3,7,9-11H2,1-2H3. The van der Waals surface area contributed by atoms with Crippen molar-refractivity contribution in [2.75, 3.05) is 19.7 Å². The van der Waals surface area contributed by atoms with Crippen molar-refractivity contribution >= 4 is 0 Å². The maximum atomic E-state index is 9.02. The molecule has 0 aromatic heterocycles. The molecule has 0 aliphatic heterocycles. The van der Waals surface area contributed by atoms with Gasteiger partial charge >= 0.3 is 0 Å². The van der Waals surface area contributed by atoms with Gasteiger partial charge in [-0.25, -0.2) is 0 Å². The van der Waals surface area contributed by atoms with E-state index in [1.54, 1.807) is 0 Å². The van der Waals surface area contributed by atoms with E-state index in [0.29, 0.717) is 12.5 Å². The van der Waals surface area contributed by atoms with Crippen molar-refractivity contribution in [1.82, 2.24) is 5.32 Å². The monoisotopic (exact) mass is 237 g/mol. The number of hydrogen-bond acceptors (Lipinski definition) is 3. The molecule has 1 unspecified atom stereocenters. The lowest BCUT2D eigenvalue weighted by Gasteiger charge is -2.14. The van der Waals surface area contributed by atoms with Crippen molar-refractivity contribution in [2.24, 2.45) is 5.92 Å². The maximum absolute atomic E-state index is 9.02. The molecule has 96 valence electrons. The third kappa shape index (κ3) is 5.71. The zero-order chi connectivity index (χ0) is 12.5. The Morgan fingerprint density at radius 3 is 2.94 bits per heavy atom. The lowest BCUT2D eigenvalue weighted by Crippen LogP contribution is -2.25. The van der Waals surface area contributed by atoms with Gasteiger partial charge in [-0.3, -0.25) is 0 Å². The fourth-order valence-corrected chi connectivity index (χ4v) is 1.56. The minimum atomic E-state index is 0.0603. The first-order valence-corrected chi connectivity index (χ1v) is 6.29. The Hall–Kier alpha value is -1.06. The highest BCUT2D eigenvalue weighted by atomic mass is 16.5. The highest BCUT2D eigenvalue weighted by Crippen LogP contribution is 2.14. The smallest absolute Gasteiger partial charge is 0.119 e. The lowest BCUT2D eigenvalue weighted by atomic mass is 10.2. The Balaban J connectivity index is 2.28. The number of rotatable bonds is 8. The summed E-state index contributed by atoms with van der Waals surface area (Å²) >= 11 is 0. The van der Waals surface area contributed by atoms with Crippen molar-refractivity contribution in [3.8, 4) is 5.75 Å². The molecule has 1 atom stereocenters. The quantitative estimate of drug-likeness (QED) is 0.681. The molecular weight excluding hydrogens is 214 g/mol. The molecule has 0 amide bonds. The molecule has 3 heteroatoms. The molecule has 2 N–H and O–H groups in total. The summed E-state index contributed by atoms with van der Waals surface area (Å²) in [6.45, 7) is 7.13. The fourth-order valence-electron chi connectivity index (χ4n) is 1.56. The van der Waals surface area contributed by atoms with Crippen LogP contribution in [0.5, 0.6) is 5.75 Å². The molecule has 0 fully saturated rings. The van der Waals surface area contributed by atoms with Crippen molar-refractivity contribution in [1.29, 1.82) is 0 Å². The van der Waals surface area contributed by atoms with Crippen LogP contribution in [0.25, 0.3) is 0 Å². The molecule has 0 radical (unpaired) electrons. The topological polar surface area (TPSA) is 41.5 Å². The van der Waals surface area contributed by atoms with Gasteiger partial charge in [0, 0.05) is 12.5 Å². The zero-order valence-corrected chi connectivity index (χ0v) is 10.8. The number of ether oxygens (including phenoxy) is 1. The average molecular weight is 237 g/mol. The summed E-state index contributed by atoms with van der Waals surface area (Å²) in [4.78, 5) is 0. The number of aliphatic hydroxyl groups is 1. The van der Waals surface area contributed by atoms with Crippen LogP contribution in [0.3, 0.4) is 0 Å². The van der Waals surface area contributed by atoms with E-state index in [-0.39, 0.29) is 6.61 Å². The number of aliphatic hydroxyl groups excluding tert-OH is 1. The average Bonchev–Trinajstić information content (AvgIpc) is 2.37. The van der Waals surface area contributed by atoms with Gasteiger partial charge in [-0.15, -0.1) is 0 Å². The number of nitrogens with one attached hydrogen (secondary N) is 1. The first-order valence-electron chi connectivity index (χ1n) is 6.29. The Kier molecular flexibility index (Phi) is 6.67. The second-order valence-corrected chi connectivity index (χ2v) is 4.43. The molecule has 1 rings (SSSR count). The van der Waals surface area contributed by atoms with E-state index in [1.165, 1.54) is 0 Å². The van der Waals surface area contributed by atoms with Crippen molar-refractivity contribution in [2.45, 2.75) is 26.9 Å². The van der Waals surface area contributed by atoms with Gasteiger partial charge in [0.1, 0.15) is 5.75 Å². The van der Waals surface area contributed by atoms with Gasteiger partial charge in [0.15, 0.2) is 0 Å². The van der Waals surface area contributed by atoms with Gasteiger partial charge in [-0.2, -0.15) is 0 Å². The van der Waals surface area contributed by atoms with Crippen LogP contribution in [0.4, 0.5) is 0 Å². The van der Waals surface area contributed by atoms with Gasteiger partial charge in [-0.05, 0) is 30.7 Å². The number of hydrogen-bond donors (Lipinski definition) is 2. The highest BCUT2D eigenvalue weighted by Gasteiger charge is 2.03. The predicted molar refractivity (Wildman–Crippen MR) is 70.2 cm³/mol. The largest absolute Gasteiger partial charge is 0.493 e. The first kappa shape index (κ1) is 14.0. The summed E-state index contributed by atoms with van der Waals surface area (Å²) in [6, 6.07) is 7.59. The lowest BCUT2D eigenvalue weighted by molar-refractivity contribution is 0.253. The van der Waals surface area contributed by atoms with Crippen LogP contribution in [0.15, 0.2) is 24.3 Å². The molecule has 0 aliphatic rings. The van der Waals surface area contributed by atoms with E-state index >= 15 is 0 Å². The van der Waals surface area contributed by atoms with E-state index in [2.05, 4.69) is 19.2 Å². The van der Waals surface area contributed by atoms with Crippen molar-refractivity contribution in [3.05, 3.63) is 29.8 Å². The van der Waals surface area contributed by atoms with E-state index in [0.717, 1.165) is 30.8 Å². The molecule has 3 nitrogen and oxygen atoms in total. The van der Waals surface area contributed by atoms with Crippen LogP contribution in [0.2, 0.25) is 0 Å². The first-order chi connectivity index (χ1) is 8.26. The van der Waals surface area contributed by atoms with Gasteiger partial charge in [0.25, 0.3) is 0 Å². The van der Waals surface area contributed by atoms with Crippen LogP contribution in [0, 0.1) is 5.92 Å². The normalized spacial score (nSPS) is 12.4. The van der Waals surface area contributed by atoms with Crippen LogP contribution in [-0.4, -0.2) is 24.8 Å². The second kappa shape index (κ2) is 8.09. The van der Waals surface area contributed by atoms with Crippen LogP contribution < -0.4 is 10.1 Å². The third-order valence-corrected chi connectivity index (χ3v) is 2.54. The van der Waals surface area contributed by atoms with Gasteiger partial charge in [0.2, 0.25) is 0 Å². The van der Waals surface area contributed by atoms with Crippen LogP contribution >= 0.6 is 0 Å². The Labute approximate surface area is 104 Å². The molecular formula is C14H23NO2. The van der Waals surface area contributed by atoms with E-state index in [9.17, 15) is 0 Å². The van der Waals surface area contributed by atoms with Gasteiger partial charge in [0.05, 0.1) is 13.2 Å². The summed E-state index contributed by atoms with van der Waals surface area (Å²) in [5.41, 5.74) is 0.888. The molecule has 0 bridgehead atoms. The summed E-state index contributed by atoms with van der Waals surface area (Å²) < 4.78 is 5.69. The summed E-state index contributed by atoms with van der Waals surface area (Å²) in [5, 5.41) is 12.4. The second-order valence-electron chi connectivity index (χ2n) is 4.43. The molecule has 0 spiro atoms. The van der Waals surface area contributed by atoms with Crippen molar-refractivity contribution < 1.29 is 9.84 Å². The predicted octanol–water partition coefficient (Wildman–Crippen LogP) is 2.19. The SMILES string of the molecule is CCCNCC(C)COc1cccc(CO)c1. The van der Waals surface area contributed by atoms with E-state index < -0.39 is 0 Å². The Bertz CT molecular complexity index is 315. The maximum Gasteiger partial charge on any atom is 0.119 e. The molecule has 1 aromatic rings. The molecule has 0 aliphatic carbocycles. The van der Waals surface area contributed by atoms with Crippen LogP contribution in [-0.2, 0) is 6.61 Å². The number of benzene rings is 1. The molecule has 0 heterocycles. The summed E-state index contributed by atoms with van der Waals surface area (Å²) in [6.07, 6.45) is 1.16. The molecule has 0 saturated heterocycles. The zero-order valence-electron chi connectivity index (χ0n) is 10.8. The van der Waals surface area contributed by atoms with Crippen LogP contribution in [0.1, 0.15) is 25.8 Å². The summed E-state index contributed by atoms with van der Waals surface area (Å²) in [7, 11) is 0.